The Hall–Kier alpha value is -1.53. The third kappa shape index (κ3) is 3.48. The van der Waals surface area contributed by atoms with Gasteiger partial charge >= 0.3 is 0 Å². The molecule has 1 heterocycles. The second-order valence-corrected chi connectivity index (χ2v) is 5.48. The standard InChI is InChI=1S/C13H13BrN4S/c1-7-3-4-9(14)10(5-7)17-13-16-8(2)6-11(18-13)12(15)19/h3-6H,1-2H3,(H2,15,19)(H,16,17,18). The van der Waals surface area contributed by atoms with Crippen LogP contribution in [-0.4, -0.2) is 15.0 Å². The van der Waals surface area contributed by atoms with Crippen LogP contribution in [0.2, 0.25) is 0 Å². The smallest absolute Gasteiger partial charge is 0.228 e. The fourth-order valence-electron chi connectivity index (χ4n) is 1.61. The minimum Gasteiger partial charge on any atom is -0.388 e. The van der Waals surface area contributed by atoms with Crippen LogP contribution in [-0.2, 0) is 0 Å². The number of halogens is 1. The van der Waals surface area contributed by atoms with Crippen LogP contribution in [0.15, 0.2) is 28.7 Å². The van der Waals surface area contributed by atoms with Crippen molar-refractivity contribution < 1.29 is 0 Å². The topological polar surface area (TPSA) is 63.8 Å². The van der Waals surface area contributed by atoms with Crippen molar-refractivity contribution in [1.82, 2.24) is 9.97 Å². The first kappa shape index (κ1) is 13.9. The second-order valence-electron chi connectivity index (χ2n) is 4.19. The summed E-state index contributed by atoms with van der Waals surface area (Å²) in [6.07, 6.45) is 0. The number of nitrogens with one attached hydrogen (secondary N) is 1. The molecule has 1 aromatic carbocycles. The molecule has 0 aliphatic heterocycles. The van der Waals surface area contributed by atoms with Gasteiger partial charge < -0.3 is 11.1 Å². The van der Waals surface area contributed by atoms with E-state index in [0.717, 1.165) is 21.4 Å². The SMILES string of the molecule is Cc1ccc(Br)c(Nc2nc(C)cc(C(N)=S)n2)c1. The lowest BCUT2D eigenvalue weighted by Gasteiger charge is -2.10. The van der Waals surface area contributed by atoms with Gasteiger partial charge in [0.1, 0.15) is 10.7 Å². The molecule has 2 rings (SSSR count). The van der Waals surface area contributed by atoms with E-state index in [-0.39, 0.29) is 4.99 Å². The van der Waals surface area contributed by atoms with E-state index in [0.29, 0.717) is 11.6 Å². The maximum Gasteiger partial charge on any atom is 0.228 e. The average molecular weight is 337 g/mol. The molecular formula is C13H13BrN4S. The lowest BCUT2D eigenvalue weighted by molar-refractivity contribution is 1.09. The summed E-state index contributed by atoms with van der Waals surface area (Å²) in [5.41, 5.74) is 9.02. The Morgan fingerprint density at radius 1 is 1.26 bits per heavy atom. The van der Waals surface area contributed by atoms with Crippen LogP contribution in [0.3, 0.4) is 0 Å². The molecule has 0 aliphatic carbocycles. The van der Waals surface area contributed by atoms with E-state index in [4.69, 9.17) is 18.0 Å². The Morgan fingerprint density at radius 3 is 2.68 bits per heavy atom. The zero-order valence-corrected chi connectivity index (χ0v) is 13.0. The summed E-state index contributed by atoms with van der Waals surface area (Å²) in [6, 6.07) is 7.77. The highest BCUT2D eigenvalue weighted by molar-refractivity contribution is 9.10. The van der Waals surface area contributed by atoms with E-state index in [1.807, 2.05) is 32.0 Å². The lowest BCUT2D eigenvalue weighted by atomic mass is 10.2. The van der Waals surface area contributed by atoms with Crippen molar-refractivity contribution in [1.29, 1.82) is 0 Å². The minimum absolute atomic E-state index is 0.261. The van der Waals surface area contributed by atoms with Crippen LogP contribution < -0.4 is 11.1 Å². The molecule has 0 saturated heterocycles. The Bertz CT molecular complexity index is 643. The van der Waals surface area contributed by atoms with Gasteiger partial charge in [-0.15, -0.1) is 0 Å². The molecule has 98 valence electrons. The summed E-state index contributed by atoms with van der Waals surface area (Å²) >= 11 is 8.43. The number of hydrogen-bond donors (Lipinski definition) is 2. The Balaban J connectivity index is 2.38. The molecule has 3 N–H and O–H groups in total. The summed E-state index contributed by atoms with van der Waals surface area (Å²) < 4.78 is 0.945. The van der Waals surface area contributed by atoms with E-state index in [1.54, 1.807) is 6.07 Å². The normalized spacial score (nSPS) is 10.3. The van der Waals surface area contributed by atoms with Gasteiger partial charge in [0, 0.05) is 10.2 Å². The highest BCUT2D eigenvalue weighted by Gasteiger charge is 2.07. The van der Waals surface area contributed by atoms with Gasteiger partial charge in [-0.2, -0.15) is 0 Å². The molecule has 6 heteroatoms. The summed E-state index contributed by atoms with van der Waals surface area (Å²) in [7, 11) is 0. The molecule has 4 nitrogen and oxygen atoms in total. The van der Waals surface area contributed by atoms with Crippen molar-refractivity contribution in [3.63, 3.8) is 0 Å². The number of benzene rings is 1. The first-order valence-corrected chi connectivity index (χ1v) is 6.84. The number of aryl methyl sites for hydroxylation is 2. The van der Waals surface area contributed by atoms with Gasteiger partial charge in [-0.05, 0) is 53.5 Å². The molecule has 0 bridgehead atoms. The van der Waals surface area contributed by atoms with Crippen molar-refractivity contribution in [3.8, 4) is 0 Å². The van der Waals surface area contributed by atoms with Gasteiger partial charge in [0.15, 0.2) is 0 Å². The fourth-order valence-corrected chi connectivity index (χ4v) is 2.06. The van der Waals surface area contributed by atoms with Crippen LogP contribution in [0, 0.1) is 13.8 Å². The Morgan fingerprint density at radius 2 is 2.00 bits per heavy atom. The third-order valence-electron chi connectivity index (χ3n) is 2.48. The summed E-state index contributed by atoms with van der Waals surface area (Å²) in [4.78, 5) is 8.87. The number of thiocarbonyl (C=S) groups is 1. The maximum atomic E-state index is 5.60. The van der Waals surface area contributed by atoms with Gasteiger partial charge in [-0.1, -0.05) is 18.3 Å². The number of nitrogens with two attached hydrogens (primary N) is 1. The molecule has 0 radical (unpaired) electrons. The van der Waals surface area contributed by atoms with E-state index < -0.39 is 0 Å². The monoisotopic (exact) mass is 336 g/mol. The zero-order chi connectivity index (χ0) is 14.0. The lowest BCUT2D eigenvalue weighted by Crippen LogP contribution is -2.13. The van der Waals surface area contributed by atoms with Gasteiger partial charge in [0.05, 0.1) is 5.69 Å². The van der Waals surface area contributed by atoms with Crippen molar-refractivity contribution in [2.75, 3.05) is 5.32 Å². The van der Waals surface area contributed by atoms with Crippen LogP contribution >= 0.6 is 28.1 Å². The molecule has 0 saturated carbocycles. The molecule has 0 atom stereocenters. The van der Waals surface area contributed by atoms with Crippen molar-refractivity contribution in [2.45, 2.75) is 13.8 Å². The molecule has 0 aliphatic rings. The largest absolute Gasteiger partial charge is 0.388 e. The second kappa shape index (κ2) is 5.63. The highest BCUT2D eigenvalue weighted by Crippen LogP contribution is 2.25. The van der Waals surface area contributed by atoms with Gasteiger partial charge in [-0.25, -0.2) is 9.97 Å². The van der Waals surface area contributed by atoms with Crippen molar-refractivity contribution >= 4 is 44.8 Å². The molecule has 0 spiro atoms. The van der Waals surface area contributed by atoms with E-state index in [1.165, 1.54) is 0 Å². The number of aromatic nitrogens is 2. The Labute approximate surface area is 125 Å². The number of hydrogen-bond acceptors (Lipinski definition) is 4. The third-order valence-corrected chi connectivity index (χ3v) is 3.38. The number of anilines is 2. The number of nitrogens with zero attached hydrogens (tertiary/aromatic N) is 2. The molecule has 0 amide bonds. The van der Waals surface area contributed by atoms with Gasteiger partial charge in [0.25, 0.3) is 0 Å². The van der Waals surface area contributed by atoms with E-state index >= 15 is 0 Å². The quantitative estimate of drug-likeness (QED) is 0.842. The summed E-state index contributed by atoms with van der Waals surface area (Å²) in [6.45, 7) is 3.90. The predicted molar refractivity (Wildman–Crippen MR) is 84.8 cm³/mol. The van der Waals surface area contributed by atoms with Gasteiger partial charge in [-0.3, -0.25) is 0 Å². The van der Waals surface area contributed by atoms with Gasteiger partial charge in [0.2, 0.25) is 5.95 Å². The fraction of sp³-hybridized carbons (Fsp3) is 0.154. The van der Waals surface area contributed by atoms with Crippen LogP contribution in [0.4, 0.5) is 11.6 Å². The van der Waals surface area contributed by atoms with Crippen LogP contribution in [0.5, 0.6) is 0 Å². The molecule has 0 unspecified atom stereocenters. The molecule has 0 fully saturated rings. The molecule has 1 aromatic heterocycles. The van der Waals surface area contributed by atoms with Crippen molar-refractivity contribution in [3.05, 3.63) is 45.7 Å². The zero-order valence-electron chi connectivity index (χ0n) is 10.6. The van der Waals surface area contributed by atoms with E-state index in [9.17, 15) is 0 Å². The maximum absolute atomic E-state index is 5.60. The first-order valence-electron chi connectivity index (χ1n) is 5.64. The van der Waals surface area contributed by atoms with Crippen molar-refractivity contribution in [2.24, 2.45) is 5.73 Å². The average Bonchev–Trinajstić information content (AvgIpc) is 2.33. The predicted octanol–water partition coefficient (Wildman–Crippen LogP) is 3.23. The molecule has 2 aromatic rings. The van der Waals surface area contributed by atoms with Crippen LogP contribution in [0.25, 0.3) is 0 Å². The van der Waals surface area contributed by atoms with E-state index in [2.05, 4.69) is 31.2 Å². The summed E-state index contributed by atoms with van der Waals surface area (Å²) in [5.74, 6) is 0.481. The first-order chi connectivity index (χ1) is 8.95. The van der Waals surface area contributed by atoms with Crippen LogP contribution in [0.1, 0.15) is 17.0 Å². The number of rotatable bonds is 3. The molecule has 19 heavy (non-hydrogen) atoms. The Kier molecular flexibility index (Phi) is 4.11. The highest BCUT2D eigenvalue weighted by atomic mass is 79.9. The molecular weight excluding hydrogens is 324 g/mol. The minimum atomic E-state index is 0.261. The summed E-state index contributed by atoms with van der Waals surface area (Å²) in [5, 5.41) is 3.16.